The molecule has 5 heteroatoms. The van der Waals surface area contributed by atoms with Crippen molar-refractivity contribution < 1.29 is 14.7 Å². The van der Waals surface area contributed by atoms with Crippen LogP contribution in [0.2, 0.25) is 0 Å². The van der Waals surface area contributed by atoms with Gasteiger partial charge in [0.15, 0.2) is 0 Å². The zero-order chi connectivity index (χ0) is 14.8. The highest BCUT2D eigenvalue weighted by Gasteiger charge is 2.27. The lowest BCUT2D eigenvalue weighted by molar-refractivity contribution is -0.142. The average molecular weight is 288 g/mol. The lowest BCUT2D eigenvalue weighted by Crippen LogP contribution is -2.39. The minimum Gasteiger partial charge on any atom is -0.481 e. The van der Waals surface area contributed by atoms with E-state index >= 15 is 0 Å². The Morgan fingerprint density at radius 1 is 1.10 bits per heavy atom. The van der Waals surface area contributed by atoms with E-state index < -0.39 is 5.97 Å². The van der Waals surface area contributed by atoms with Crippen molar-refractivity contribution in [2.45, 2.75) is 50.5 Å². The van der Waals surface area contributed by atoms with Crippen LogP contribution in [-0.2, 0) is 4.79 Å². The number of rotatable bonds is 4. The third kappa shape index (κ3) is 3.40. The van der Waals surface area contributed by atoms with Gasteiger partial charge < -0.3 is 10.4 Å². The molecule has 1 heterocycles. The first-order valence-electron chi connectivity index (χ1n) is 7.63. The monoisotopic (exact) mass is 288 g/mol. The Balaban J connectivity index is 1.53. The van der Waals surface area contributed by atoms with Gasteiger partial charge in [-0.2, -0.15) is 0 Å². The van der Waals surface area contributed by atoms with Crippen molar-refractivity contribution in [1.29, 1.82) is 0 Å². The standard InChI is InChI=1S/C16H20N2O3/c19-15(14-8-5-12(9-17-14)10-1-2-10)18-13-6-3-11(4-7-13)16(20)21/h5,8-11,13H,1-4,6-7H2,(H,18,19)(H,20,21). The molecule has 1 amide bonds. The molecule has 5 nitrogen and oxygen atoms in total. The normalized spacial score (nSPS) is 25.3. The van der Waals surface area contributed by atoms with Gasteiger partial charge in [0.2, 0.25) is 0 Å². The van der Waals surface area contributed by atoms with Gasteiger partial charge >= 0.3 is 5.97 Å². The third-order valence-electron chi connectivity index (χ3n) is 4.48. The summed E-state index contributed by atoms with van der Waals surface area (Å²) in [4.78, 5) is 27.3. The van der Waals surface area contributed by atoms with Gasteiger partial charge in [-0.1, -0.05) is 6.07 Å². The van der Waals surface area contributed by atoms with E-state index in [9.17, 15) is 9.59 Å². The van der Waals surface area contributed by atoms with Crippen molar-refractivity contribution in [1.82, 2.24) is 10.3 Å². The molecular weight excluding hydrogens is 268 g/mol. The number of carboxylic acid groups (broad SMARTS) is 1. The van der Waals surface area contributed by atoms with Crippen LogP contribution in [0.25, 0.3) is 0 Å². The highest BCUT2D eigenvalue weighted by atomic mass is 16.4. The van der Waals surface area contributed by atoms with Gasteiger partial charge in [-0.05, 0) is 56.1 Å². The molecule has 0 unspecified atom stereocenters. The van der Waals surface area contributed by atoms with E-state index in [4.69, 9.17) is 5.11 Å². The first-order chi connectivity index (χ1) is 10.1. The molecule has 2 saturated carbocycles. The molecule has 21 heavy (non-hydrogen) atoms. The van der Waals surface area contributed by atoms with Gasteiger partial charge in [0.05, 0.1) is 5.92 Å². The van der Waals surface area contributed by atoms with Crippen LogP contribution in [0.5, 0.6) is 0 Å². The van der Waals surface area contributed by atoms with E-state index in [0.717, 1.165) is 12.8 Å². The van der Waals surface area contributed by atoms with Crippen LogP contribution in [0.1, 0.15) is 60.5 Å². The van der Waals surface area contributed by atoms with Crippen LogP contribution in [0.4, 0.5) is 0 Å². The Kier molecular flexibility index (Phi) is 3.90. The van der Waals surface area contributed by atoms with Gasteiger partial charge in [0, 0.05) is 12.2 Å². The second-order valence-corrected chi connectivity index (χ2v) is 6.11. The van der Waals surface area contributed by atoms with Crippen molar-refractivity contribution in [2.75, 3.05) is 0 Å². The van der Waals surface area contributed by atoms with Gasteiger partial charge in [0.25, 0.3) is 5.91 Å². The Labute approximate surface area is 123 Å². The summed E-state index contributed by atoms with van der Waals surface area (Å²) in [6.45, 7) is 0. The largest absolute Gasteiger partial charge is 0.481 e. The molecule has 3 rings (SSSR count). The zero-order valence-electron chi connectivity index (χ0n) is 11.9. The molecular formula is C16H20N2O3. The number of carbonyl (C=O) groups is 2. The number of aliphatic carboxylic acids is 1. The predicted octanol–water partition coefficient (Wildman–Crippen LogP) is 2.33. The molecule has 0 spiro atoms. The van der Waals surface area contributed by atoms with E-state index in [0.29, 0.717) is 24.5 Å². The highest BCUT2D eigenvalue weighted by Crippen LogP contribution is 2.39. The molecule has 2 fully saturated rings. The number of hydrogen-bond acceptors (Lipinski definition) is 3. The zero-order valence-corrected chi connectivity index (χ0v) is 11.9. The molecule has 0 radical (unpaired) electrons. The van der Waals surface area contributed by atoms with Crippen LogP contribution in [0.3, 0.4) is 0 Å². The second kappa shape index (κ2) is 5.84. The summed E-state index contributed by atoms with van der Waals surface area (Å²) in [6.07, 6.45) is 6.96. The Hall–Kier alpha value is -1.91. The van der Waals surface area contributed by atoms with E-state index in [1.165, 1.54) is 18.4 Å². The van der Waals surface area contributed by atoms with Crippen molar-refractivity contribution in [2.24, 2.45) is 5.92 Å². The number of aromatic nitrogens is 1. The Morgan fingerprint density at radius 2 is 1.81 bits per heavy atom. The summed E-state index contributed by atoms with van der Waals surface area (Å²) < 4.78 is 0. The SMILES string of the molecule is O=C(NC1CCC(C(=O)O)CC1)c1ccc(C2CC2)cn1. The summed E-state index contributed by atoms with van der Waals surface area (Å²) in [5.74, 6) is -0.497. The van der Waals surface area contributed by atoms with Gasteiger partial charge in [0.1, 0.15) is 5.69 Å². The van der Waals surface area contributed by atoms with Crippen LogP contribution >= 0.6 is 0 Å². The van der Waals surface area contributed by atoms with Gasteiger partial charge in [-0.25, -0.2) is 0 Å². The van der Waals surface area contributed by atoms with Gasteiger partial charge in [-0.15, -0.1) is 0 Å². The fourth-order valence-corrected chi connectivity index (χ4v) is 2.94. The highest BCUT2D eigenvalue weighted by molar-refractivity contribution is 5.92. The number of amides is 1. The number of nitrogens with zero attached hydrogens (tertiary/aromatic N) is 1. The summed E-state index contributed by atoms with van der Waals surface area (Å²) in [7, 11) is 0. The molecule has 2 aliphatic rings. The Morgan fingerprint density at radius 3 is 2.33 bits per heavy atom. The maximum atomic E-state index is 12.1. The molecule has 0 atom stereocenters. The van der Waals surface area contributed by atoms with Crippen molar-refractivity contribution in [3.63, 3.8) is 0 Å². The summed E-state index contributed by atoms with van der Waals surface area (Å²) in [5, 5.41) is 11.9. The van der Waals surface area contributed by atoms with Crippen LogP contribution in [0, 0.1) is 5.92 Å². The van der Waals surface area contributed by atoms with Crippen molar-refractivity contribution in [3.05, 3.63) is 29.6 Å². The lowest BCUT2D eigenvalue weighted by Gasteiger charge is -2.26. The molecule has 112 valence electrons. The number of carbonyl (C=O) groups excluding carboxylic acids is 1. The molecule has 0 aromatic carbocycles. The minimum atomic E-state index is -0.725. The quantitative estimate of drug-likeness (QED) is 0.891. The molecule has 1 aromatic rings. The first kappa shape index (κ1) is 14.0. The third-order valence-corrected chi connectivity index (χ3v) is 4.48. The summed E-state index contributed by atoms with van der Waals surface area (Å²) in [5.41, 5.74) is 1.66. The maximum Gasteiger partial charge on any atom is 0.306 e. The Bertz CT molecular complexity index is 529. The van der Waals surface area contributed by atoms with E-state index in [1.807, 2.05) is 6.07 Å². The lowest BCUT2D eigenvalue weighted by atomic mass is 9.86. The number of pyridine rings is 1. The summed E-state index contributed by atoms with van der Waals surface area (Å²) >= 11 is 0. The van der Waals surface area contributed by atoms with E-state index in [1.54, 1.807) is 12.3 Å². The van der Waals surface area contributed by atoms with E-state index in [-0.39, 0.29) is 17.9 Å². The van der Waals surface area contributed by atoms with Crippen LogP contribution in [-0.4, -0.2) is 28.0 Å². The van der Waals surface area contributed by atoms with Crippen molar-refractivity contribution in [3.8, 4) is 0 Å². The fourth-order valence-electron chi connectivity index (χ4n) is 2.94. The maximum absolute atomic E-state index is 12.1. The smallest absolute Gasteiger partial charge is 0.306 e. The number of hydrogen-bond donors (Lipinski definition) is 2. The fraction of sp³-hybridized carbons (Fsp3) is 0.562. The van der Waals surface area contributed by atoms with E-state index in [2.05, 4.69) is 10.3 Å². The molecule has 0 bridgehead atoms. The molecule has 2 aliphatic carbocycles. The predicted molar refractivity (Wildman–Crippen MR) is 77.1 cm³/mol. The van der Waals surface area contributed by atoms with Crippen LogP contribution in [0.15, 0.2) is 18.3 Å². The molecule has 1 aromatic heterocycles. The molecule has 0 aliphatic heterocycles. The minimum absolute atomic E-state index is 0.0676. The average Bonchev–Trinajstić information content (AvgIpc) is 3.32. The number of carboxylic acids is 1. The number of nitrogens with one attached hydrogen (secondary N) is 1. The van der Waals surface area contributed by atoms with Gasteiger partial charge in [-0.3, -0.25) is 14.6 Å². The first-order valence-corrected chi connectivity index (χ1v) is 7.63. The molecule has 0 saturated heterocycles. The van der Waals surface area contributed by atoms with Crippen LogP contribution < -0.4 is 5.32 Å². The topological polar surface area (TPSA) is 79.3 Å². The van der Waals surface area contributed by atoms with Crippen molar-refractivity contribution >= 4 is 11.9 Å². The molecule has 2 N–H and O–H groups in total. The summed E-state index contributed by atoms with van der Waals surface area (Å²) in [6, 6.07) is 3.84. The second-order valence-electron chi connectivity index (χ2n) is 6.11.